The first-order valence-corrected chi connectivity index (χ1v) is 9.99. The quantitative estimate of drug-likeness (QED) is 0.308. The molecule has 3 rings (SSSR count). The Morgan fingerprint density at radius 3 is 2.70 bits per heavy atom. The van der Waals surface area contributed by atoms with Crippen LogP contribution >= 0.6 is 35.6 Å². The van der Waals surface area contributed by atoms with Crippen molar-refractivity contribution in [2.75, 3.05) is 7.11 Å². The lowest BCUT2D eigenvalue weighted by Crippen LogP contribution is -2.44. The van der Waals surface area contributed by atoms with Gasteiger partial charge in [0.1, 0.15) is 0 Å². The van der Waals surface area contributed by atoms with Crippen LogP contribution in [-0.4, -0.2) is 33.2 Å². The number of benzene rings is 2. The number of hydrazine groups is 1. The number of nitrogens with zero attached hydrogens (tertiary/aromatic N) is 2. The molecule has 0 atom stereocenters. The van der Waals surface area contributed by atoms with Crippen LogP contribution in [0.1, 0.15) is 21.5 Å². The summed E-state index contributed by atoms with van der Waals surface area (Å²) in [6, 6.07) is 9.21. The predicted molar refractivity (Wildman–Crippen MR) is 118 cm³/mol. The van der Waals surface area contributed by atoms with Crippen LogP contribution in [-0.2, 0) is 4.79 Å². The first kappa shape index (κ1) is 21.8. The minimum Gasteiger partial charge on any atom is -0.490 e. The van der Waals surface area contributed by atoms with Crippen LogP contribution in [0.15, 0.2) is 41.3 Å². The maximum Gasteiger partial charge on any atom is 0.311 e. The molecule has 1 saturated heterocycles. The lowest BCUT2D eigenvalue weighted by Gasteiger charge is -2.16. The highest BCUT2D eigenvalue weighted by atomic mass is 35.5. The Bertz CT molecular complexity index is 1120. The number of aryl methyl sites for hydroxylation is 1. The van der Waals surface area contributed by atoms with Crippen molar-refractivity contribution in [1.29, 1.82) is 0 Å². The van der Waals surface area contributed by atoms with Crippen LogP contribution in [0.5, 0.6) is 5.75 Å². The highest BCUT2D eigenvalue weighted by Crippen LogP contribution is 2.34. The number of carbonyl (C=O) groups excluding carboxylic acids is 2. The molecule has 30 heavy (non-hydrogen) atoms. The summed E-state index contributed by atoms with van der Waals surface area (Å²) in [6.45, 7) is 1.84. The second-order valence-electron chi connectivity index (χ2n) is 6.13. The number of amides is 2. The molecule has 1 N–H and O–H groups in total. The van der Waals surface area contributed by atoms with Crippen LogP contribution < -0.4 is 10.2 Å². The molecular weight excluding hydrogens is 450 g/mol. The van der Waals surface area contributed by atoms with Crippen molar-refractivity contribution >= 4 is 63.5 Å². The van der Waals surface area contributed by atoms with Crippen molar-refractivity contribution < 1.29 is 19.2 Å². The average molecular weight is 464 g/mol. The van der Waals surface area contributed by atoms with E-state index < -0.39 is 16.7 Å². The minimum absolute atomic E-state index is 0.104. The summed E-state index contributed by atoms with van der Waals surface area (Å²) in [6.07, 6.45) is 1.46. The Kier molecular flexibility index (Phi) is 6.40. The third kappa shape index (κ3) is 4.45. The van der Waals surface area contributed by atoms with Gasteiger partial charge in [0.15, 0.2) is 10.1 Å². The number of rotatable bonds is 5. The number of nitrogens with one attached hydrogen (secondary N) is 1. The first-order chi connectivity index (χ1) is 14.2. The third-order valence-electron chi connectivity index (χ3n) is 4.07. The summed E-state index contributed by atoms with van der Waals surface area (Å²) in [4.78, 5) is 36.0. The van der Waals surface area contributed by atoms with Gasteiger partial charge in [-0.05, 0) is 54.5 Å². The number of ether oxygens (including phenoxy) is 1. The second-order valence-corrected chi connectivity index (χ2v) is 8.21. The van der Waals surface area contributed by atoms with E-state index in [9.17, 15) is 19.7 Å². The molecule has 2 aromatic rings. The summed E-state index contributed by atoms with van der Waals surface area (Å²) >= 11 is 12.3. The fourth-order valence-corrected chi connectivity index (χ4v) is 4.12. The van der Waals surface area contributed by atoms with Gasteiger partial charge in [-0.1, -0.05) is 35.5 Å². The normalized spacial score (nSPS) is 14.9. The van der Waals surface area contributed by atoms with Crippen molar-refractivity contribution in [1.82, 2.24) is 10.4 Å². The van der Waals surface area contributed by atoms with Crippen LogP contribution in [0.25, 0.3) is 6.08 Å². The molecule has 0 bridgehead atoms. The third-order valence-corrected chi connectivity index (χ3v) is 5.69. The molecule has 0 radical (unpaired) electrons. The topological polar surface area (TPSA) is 102 Å². The second kappa shape index (κ2) is 8.82. The van der Waals surface area contributed by atoms with E-state index in [1.165, 1.54) is 25.3 Å². The Hall–Kier alpha value is -2.95. The summed E-state index contributed by atoms with van der Waals surface area (Å²) in [5.41, 5.74) is 3.72. The zero-order valence-corrected chi connectivity index (χ0v) is 18.1. The number of carbonyl (C=O) groups is 2. The van der Waals surface area contributed by atoms with E-state index in [1.807, 2.05) is 6.92 Å². The number of nitro benzene ring substituents is 1. The Labute approximate surface area is 186 Å². The molecule has 1 aliphatic heterocycles. The SMILES string of the molecule is COc1ccc(/C=C2/SC(=S)N(NC(=O)c3ccc(C)cc3Cl)C2=O)cc1[N+](=O)[O-]. The van der Waals surface area contributed by atoms with Gasteiger partial charge >= 0.3 is 5.69 Å². The molecular formula is C19H14ClN3O5S2. The van der Waals surface area contributed by atoms with Crippen molar-refractivity contribution in [3.8, 4) is 5.75 Å². The van der Waals surface area contributed by atoms with Gasteiger partial charge in [-0.2, -0.15) is 5.01 Å². The molecule has 2 aromatic carbocycles. The van der Waals surface area contributed by atoms with Gasteiger partial charge in [-0.3, -0.25) is 25.1 Å². The van der Waals surface area contributed by atoms with Gasteiger partial charge in [0, 0.05) is 6.07 Å². The van der Waals surface area contributed by atoms with Crippen molar-refractivity contribution in [2.24, 2.45) is 0 Å². The summed E-state index contributed by atoms with van der Waals surface area (Å²) in [5.74, 6) is -1.04. The first-order valence-electron chi connectivity index (χ1n) is 8.38. The monoisotopic (exact) mass is 463 g/mol. The minimum atomic E-state index is -0.586. The van der Waals surface area contributed by atoms with Gasteiger partial charge in [-0.15, -0.1) is 0 Å². The number of methoxy groups -OCH3 is 1. The predicted octanol–water partition coefficient (Wildman–Crippen LogP) is 4.11. The van der Waals surface area contributed by atoms with E-state index in [1.54, 1.807) is 24.3 Å². The number of thiocarbonyl (C=S) groups is 1. The Morgan fingerprint density at radius 2 is 2.07 bits per heavy atom. The van der Waals surface area contributed by atoms with Gasteiger partial charge in [-0.25, -0.2) is 0 Å². The molecule has 8 nitrogen and oxygen atoms in total. The fourth-order valence-electron chi connectivity index (χ4n) is 2.62. The van der Waals surface area contributed by atoms with E-state index in [2.05, 4.69) is 5.43 Å². The number of hydrogen-bond acceptors (Lipinski definition) is 7. The molecule has 2 amide bonds. The van der Waals surface area contributed by atoms with E-state index in [-0.39, 0.29) is 31.2 Å². The van der Waals surface area contributed by atoms with Crippen LogP contribution in [0.4, 0.5) is 5.69 Å². The van der Waals surface area contributed by atoms with Gasteiger partial charge in [0.2, 0.25) is 0 Å². The summed E-state index contributed by atoms with van der Waals surface area (Å²) < 4.78 is 5.08. The van der Waals surface area contributed by atoms with Crippen LogP contribution in [0, 0.1) is 17.0 Å². The summed E-state index contributed by atoms with van der Waals surface area (Å²) in [7, 11) is 1.33. The van der Waals surface area contributed by atoms with Crippen LogP contribution in [0.2, 0.25) is 5.02 Å². The molecule has 154 valence electrons. The number of halogens is 1. The number of thioether (sulfide) groups is 1. The molecule has 1 aliphatic rings. The molecule has 11 heteroatoms. The van der Waals surface area contributed by atoms with Gasteiger partial charge < -0.3 is 4.74 Å². The Balaban J connectivity index is 1.83. The molecule has 0 aliphatic carbocycles. The molecule has 0 spiro atoms. The number of hydrogen-bond donors (Lipinski definition) is 1. The highest BCUT2D eigenvalue weighted by molar-refractivity contribution is 8.26. The maximum absolute atomic E-state index is 12.7. The molecule has 0 saturated carbocycles. The summed E-state index contributed by atoms with van der Waals surface area (Å²) in [5, 5.41) is 12.4. The fraction of sp³-hybridized carbons (Fsp3) is 0.105. The molecule has 0 aromatic heterocycles. The molecule has 1 heterocycles. The van der Waals surface area contributed by atoms with E-state index >= 15 is 0 Å². The molecule has 1 fully saturated rings. The van der Waals surface area contributed by atoms with E-state index in [4.69, 9.17) is 28.6 Å². The van der Waals surface area contributed by atoms with E-state index in [0.29, 0.717) is 5.56 Å². The average Bonchev–Trinajstić information content (AvgIpc) is 2.95. The van der Waals surface area contributed by atoms with Gasteiger partial charge in [0.25, 0.3) is 11.8 Å². The maximum atomic E-state index is 12.7. The molecule has 0 unspecified atom stereocenters. The highest BCUT2D eigenvalue weighted by Gasteiger charge is 2.34. The Morgan fingerprint density at radius 1 is 1.33 bits per heavy atom. The standard InChI is InChI=1S/C19H14ClN3O5S2/c1-10-3-5-12(13(20)7-10)17(24)21-22-18(25)16(30-19(22)29)9-11-4-6-15(28-2)14(8-11)23(26)27/h3-9H,1-2H3,(H,21,24)/b16-9+. The van der Waals surface area contributed by atoms with Crippen LogP contribution in [0.3, 0.4) is 0 Å². The lowest BCUT2D eigenvalue weighted by atomic mass is 10.1. The van der Waals surface area contributed by atoms with Gasteiger partial charge in [0.05, 0.1) is 27.5 Å². The zero-order chi connectivity index (χ0) is 22.0. The van der Waals surface area contributed by atoms with E-state index in [0.717, 1.165) is 22.3 Å². The largest absolute Gasteiger partial charge is 0.490 e. The smallest absolute Gasteiger partial charge is 0.311 e. The zero-order valence-electron chi connectivity index (χ0n) is 15.7. The van der Waals surface area contributed by atoms with Crippen molar-refractivity contribution in [2.45, 2.75) is 6.92 Å². The lowest BCUT2D eigenvalue weighted by molar-refractivity contribution is -0.385. The van der Waals surface area contributed by atoms with Crippen molar-refractivity contribution in [3.63, 3.8) is 0 Å². The number of nitro groups is 1. The van der Waals surface area contributed by atoms with Crippen molar-refractivity contribution in [3.05, 3.63) is 73.1 Å².